The maximum absolute atomic E-state index is 14.7. The second-order valence-corrected chi connectivity index (χ2v) is 13.4. The van der Waals surface area contributed by atoms with Crippen molar-refractivity contribution in [2.75, 3.05) is 4.90 Å². The summed E-state index contributed by atoms with van der Waals surface area (Å²) in [6.45, 7) is 2.04. The molecule has 2 aliphatic rings. The third kappa shape index (κ3) is 8.06. The van der Waals surface area contributed by atoms with E-state index in [1.165, 1.54) is 12.1 Å². The van der Waals surface area contributed by atoms with Crippen molar-refractivity contribution in [3.8, 4) is 11.1 Å². The predicted molar refractivity (Wildman–Crippen MR) is 192 cm³/mol. The van der Waals surface area contributed by atoms with E-state index in [0.29, 0.717) is 53.3 Å². The second-order valence-electron chi connectivity index (χ2n) is 13.4. The van der Waals surface area contributed by atoms with Crippen molar-refractivity contribution in [2.24, 2.45) is 28.5 Å². The zero-order valence-corrected chi connectivity index (χ0v) is 28.4. The largest absolute Gasteiger partial charge is 0.416 e. The summed E-state index contributed by atoms with van der Waals surface area (Å²) in [5.74, 6) is -2.48. The Morgan fingerprint density at radius 3 is 2.22 bits per heavy atom. The summed E-state index contributed by atoms with van der Waals surface area (Å²) in [5, 5.41) is 2.94. The average Bonchev–Trinajstić information content (AvgIpc) is 3.21. The van der Waals surface area contributed by atoms with Crippen LogP contribution >= 0.6 is 0 Å². The molecule has 0 radical (unpaired) electrons. The molecule has 0 spiro atoms. The predicted octanol–water partition coefficient (Wildman–Crippen LogP) is 7.91. The highest BCUT2D eigenvalue weighted by atomic mass is 19.4. The third-order valence-electron chi connectivity index (χ3n) is 9.95. The SMILES string of the molecule is CCCC(C(N)=O)C(CC1CCC1)C(=O)NC1N=C(c2ccccc2)c2ccccc2N(Cc2cccc(-c3ccc(C(F)(F)F)cc3)c2)C1=O. The molecule has 7 nitrogen and oxygen atoms in total. The number of nitrogens with one attached hydrogen (secondary N) is 1. The fourth-order valence-electron chi connectivity index (χ4n) is 7.03. The highest BCUT2D eigenvalue weighted by molar-refractivity contribution is 6.20. The number of carbonyl (C=O) groups is 3. The van der Waals surface area contributed by atoms with Gasteiger partial charge in [-0.3, -0.25) is 14.4 Å². The number of fused-ring (bicyclic) bond motifs is 1. The van der Waals surface area contributed by atoms with Crippen molar-refractivity contribution in [3.63, 3.8) is 0 Å². The number of amides is 3. The molecule has 1 saturated carbocycles. The smallest absolute Gasteiger partial charge is 0.369 e. The number of para-hydroxylation sites is 1. The van der Waals surface area contributed by atoms with Crippen LogP contribution in [0.4, 0.5) is 18.9 Å². The number of benzodiazepines with no additional fused rings is 1. The van der Waals surface area contributed by atoms with E-state index in [9.17, 15) is 27.6 Å². The van der Waals surface area contributed by atoms with Crippen LogP contribution in [-0.4, -0.2) is 29.6 Å². The molecule has 10 heteroatoms. The quantitative estimate of drug-likeness (QED) is 0.158. The van der Waals surface area contributed by atoms with E-state index in [-0.39, 0.29) is 6.54 Å². The van der Waals surface area contributed by atoms with Gasteiger partial charge in [0.1, 0.15) is 0 Å². The van der Waals surface area contributed by atoms with Gasteiger partial charge < -0.3 is 16.0 Å². The number of hydrogen-bond acceptors (Lipinski definition) is 4. The first-order chi connectivity index (χ1) is 24.5. The van der Waals surface area contributed by atoms with Crippen LogP contribution in [0.1, 0.15) is 67.7 Å². The lowest BCUT2D eigenvalue weighted by molar-refractivity contribution is -0.137. The summed E-state index contributed by atoms with van der Waals surface area (Å²) in [5.41, 5.74) is 9.71. The molecule has 1 aliphatic heterocycles. The van der Waals surface area contributed by atoms with Gasteiger partial charge in [0, 0.05) is 23.0 Å². The van der Waals surface area contributed by atoms with Gasteiger partial charge in [-0.2, -0.15) is 13.2 Å². The van der Waals surface area contributed by atoms with Crippen molar-refractivity contribution in [1.82, 2.24) is 5.32 Å². The maximum Gasteiger partial charge on any atom is 0.416 e. The van der Waals surface area contributed by atoms with E-state index < -0.39 is 47.5 Å². The van der Waals surface area contributed by atoms with E-state index >= 15 is 0 Å². The number of hydrogen-bond donors (Lipinski definition) is 2. The Kier molecular flexibility index (Phi) is 10.7. The first-order valence-electron chi connectivity index (χ1n) is 17.4. The zero-order valence-electron chi connectivity index (χ0n) is 28.4. The Morgan fingerprint density at radius 2 is 1.57 bits per heavy atom. The van der Waals surface area contributed by atoms with E-state index in [1.54, 1.807) is 17.0 Å². The third-order valence-corrected chi connectivity index (χ3v) is 9.95. The van der Waals surface area contributed by atoms with Gasteiger partial charge in [-0.25, -0.2) is 4.99 Å². The minimum atomic E-state index is -4.44. The van der Waals surface area contributed by atoms with E-state index in [1.807, 2.05) is 73.7 Å². The highest BCUT2D eigenvalue weighted by Crippen LogP contribution is 2.37. The van der Waals surface area contributed by atoms with Crippen LogP contribution < -0.4 is 16.0 Å². The van der Waals surface area contributed by atoms with E-state index in [0.717, 1.165) is 42.5 Å². The lowest BCUT2D eigenvalue weighted by Crippen LogP contribution is -2.51. The normalized spacial score (nSPS) is 17.4. The number of alkyl halides is 3. The molecule has 51 heavy (non-hydrogen) atoms. The number of rotatable bonds is 12. The van der Waals surface area contributed by atoms with Crippen LogP contribution in [0.15, 0.2) is 108 Å². The number of primary amides is 1. The topological polar surface area (TPSA) is 105 Å². The molecule has 6 rings (SSSR count). The minimum Gasteiger partial charge on any atom is -0.369 e. The number of aliphatic imine (C=N–C) groups is 1. The summed E-state index contributed by atoms with van der Waals surface area (Å²) in [6, 6.07) is 29.1. The summed E-state index contributed by atoms with van der Waals surface area (Å²) < 4.78 is 39.7. The van der Waals surface area contributed by atoms with Crippen molar-refractivity contribution in [1.29, 1.82) is 0 Å². The molecule has 1 heterocycles. The summed E-state index contributed by atoms with van der Waals surface area (Å²) in [4.78, 5) is 48.0. The molecule has 0 bridgehead atoms. The Labute approximate surface area is 295 Å². The van der Waals surface area contributed by atoms with Gasteiger partial charge in [-0.1, -0.05) is 111 Å². The van der Waals surface area contributed by atoms with Crippen molar-refractivity contribution >= 4 is 29.1 Å². The number of halogens is 3. The van der Waals surface area contributed by atoms with Gasteiger partial charge in [-0.05, 0) is 59.7 Å². The van der Waals surface area contributed by atoms with Crippen LogP contribution in [-0.2, 0) is 27.1 Å². The van der Waals surface area contributed by atoms with Crippen LogP contribution in [0.5, 0.6) is 0 Å². The monoisotopic (exact) mass is 694 g/mol. The molecule has 3 unspecified atom stereocenters. The summed E-state index contributed by atoms with van der Waals surface area (Å²) in [7, 11) is 0. The van der Waals surface area contributed by atoms with Crippen LogP contribution in [0, 0.1) is 17.8 Å². The van der Waals surface area contributed by atoms with E-state index in [2.05, 4.69) is 5.32 Å². The van der Waals surface area contributed by atoms with Gasteiger partial charge in [-0.15, -0.1) is 0 Å². The van der Waals surface area contributed by atoms with Crippen LogP contribution in [0.3, 0.4) is 0 Å². The first-order valence-corrected chi connectivity index (χ1v) is 17.4. The fraction of sp³-hybridized carbons (Fsp3) is 0.317. The maximum atomic E-state index is 14.7. The van der Waals surface area contributed by atoms with Crippen molar-refractivity contribution < 1.29 is 27.6 Å². The minimum absolute atomic E-state index is 0.0968. The Morgan fingerprint density at radius 1 is 0.882 bits per heavy atom. The number of anilines is 1. The number of nitrogens with two attached hydrogens (primary N) is 1. The molecule has 4 aromatic rings. The molecule has 3 atom stereocenters. The molecule has 0 aromatic heterocycles. The molecular weight excluding hydrogens is 653 g/mol. The molecule has 1 aliphatic carbocycles. The Hall–Kier alpha value is -5.25. The highest BCUT2D eigenvalue weighted by Gasteiger charge is 2.39. The summed E-state index contributed by atoms with van der Waals surface area (Å²) in [6.07, 6.45) is -1.06. The van der Waals surface area contributed by atoms with Crippen molar-refractivity contribution in [3.05, 3.63) is 125 Å². The van der Waals surface area contributed by atoms with Crippen LogP contribution in [0.2, 0.25) is 0 Å². The lowest BCUT2D eigenvalue weighted by Gasteiger charge is -2.33. The van der Waals surface area contributed by atoms with E-state index in [4.69, 9.17) is 10.7 Å². The molecular formula is C41H41F3N4O3. The molecule has 0 saturated heterocycles. The van der Waals surface area contributed by atoms with Gasteiger partial charge in [0.15, 0.2) is 0 Å². The number of carbonyl (C=O) groups excluding carboxylic acids is 3. The van der Waals surface area contributed by atoms with Gasteiger partial charge in [0.25, 0.3) is 5.91 Å². The van der Waals surface area contributed by atoms with Gasteiger partial charge in [0.05, 0.1) is 23.5 Å². The zero-order chi connectivity index (χ0) is 36.1. The molecule has 1 fully saturated rings. The molecule has 3 amide bonds. The van der Waals surface area contributed by atoms with Gasteiger partial charge >= 0.3 is 6.18 Å². The molecule has 264 valence electrons. The van der Waals surface area contributed by atoms with Crippen molar-refractivity contribution in [2.45, 2.75) is 64.3 Å². The second kappa shape index (κ2) is 15.3. The Balaban J connectivity index is 1.37. The van der Waals surface area contributed by atoms with Crippen LogP contribution in [0.25, 0.3) is 11.1 Å². The fourth-order valence-corrected chi connectivity index (χ4v) is 7.03. The van der Waals surface area contributed by atoms with Gasteiger partial charge in [0.2, 0.25) is 18.0 Å². The lowest BCUT2D eigenvalue weighted by atomic mass is 9.74. The Bertz CT molecular complexity index is 1910. The molecule has 3 N–H and O–H groups in total. The average molecular weight is 695 g/mol. The molecule has 4 aromatic carbocycles. The number of nitrogens with zero attached hydrogens (tertiary/aromatic N) is 2. The number of benzene rings is 4. The standard InChI is InChI=1S/C41H41F3N4O3/c1-2-10-32(37(45)49)34(24-26-11-8-12-26)39(50)47-38-40(51)48(35-18-7-6-17-33(35)36(46-38)29-14-4-3-5-15-29)25-27-13-9-16-30(23-27)28-19-21-31(22-20-28)41(42,43)44/h3-7,9,13-23,26,32,34,38H,2,8,10-12,24-25H2,1H3,(H2,45,49)(H,47,50). The first kappa shape index (κ1) is 35.6. The summed E-state index contributed by atoms with van der Waals surface area (Å²) >= 11 is 0.